The molecule has 0 spiro atoms. The van der Waals surface area contributed by atoms with Crippen molar-refractivity contribution < 1.29 is 13.2 Å². The van der Waals surface area contributed by atoms with Crippen molar-refractivity contribution in [1.82, 2.24) is 15.0 Å². The van der Waals surface area contributed by atoms with Crippen molar-refractivity contribution in [1.29, 1.82) is 0 Å². The zero-order valence-electron chi connectivity index (χ0n) is 16.2. The molecule has 6 nitrogen and oxygen atoms in total. The van der Waals surface area contributed by atoms with Crippen LogP contribution in [-0.2, 0) is 22.3 Å². The minimum Gasteiger partial charge on any atom is -0.351 e. The zero-order valence-corrected chi connectivity index (χ0v) is 17.1. The molecule has 0 aliphatic carbocycles. The SMILES string of the molecule is Cc1ccc2cc(C(=O)NCc3ccccc3CS(=O)(=O)NC(C)C)[nH]c2c1. The summed E-state index contributed by atoms with van der Waals surface area (Å²) in [5, 5.41) is 3.85. The van der Waals surface area contributed by atoms with E-state index in [0.717, 1.165) is 22.0 Å². The molecule has 3 rings (SSSR count). The fourth-order valence-electron chi connectivity index (χ4n) is 3.11. The maximum absolute atomic E-state index is 12.5. The minimum atomic E-state index is -3.44. The maximum atomic E-state index is 12.5. The number of amides is 1. The Morgan fingerprint density at radius 2 is 1.79 bits per heavy atom. The van der Waals surface area contributed by atoms with Crippen LogP contribution in [0.5, 0.6) is 0 Å². The van der Waals surface area contributed by atoms with Gasteiger partial charge < -0.3 is 10.3 Å². The van der Waals surface area contributed by atoms with E-state index in [0.29, 0.717) is 11.3 Å². The lowest BCUT2D eigenvalue weighted by molar-refractivity contribution is 0.0946. The van der Waals surface area contributed by atoms with E-state index in [4.69, 9.17) is 0 Å². The molecule has 0 unspecified atom stereocenters. The van der Waals surface area contributed by atoms with Crippen molar-refractivity contribution in [3.8, 4) is 0 Å². The Balaban J connectivity index is 1.72. The summed E-state index contributed by atoms with van der Waals surface area (Å²) in [6.45, 7) is 5.82. The van der Waals surface area contributed by atoms with Crippen molar-refractivity contribution in [2.24, 2.45) is 0 Å². The lowest BCUT2D eigenvalue weighted by atomic mass is 10.1. The number of carbonyl (C=O) groups is 1. The van der Waals surface area contributed by atoms with Gasteiger partial charge in [0.2, 0.25) is 10.0 Å². The smallest absolute Gasteiger partial charge is 0.267 e. The fraction of sp³-hybridized carbons (Fsp3) is 0.286. The quantitative estimate of drug-likeness (QED) is 0.570. The topological polar surface area (TPSA) is 91.1 Å². The summed E-state index contributed by atoms with van der Waals surface area (Å²) in [7, 11) is -3.44. The molecule has 0 fully saturated rings. The summed E-state index contributed by atoms with van der Waals surface area (Å²) in [5.41, 5.74) is 3.95. The Hall–Kier alpha value is -2.64. The van der Waals surface area contributed by atoms with Gasteiger partial charge in [0.25, 0.3) is 5.91 Å². The standard InChI is InChI=1S/C21H25N3O3S/c1-14(2)24-28(26,27)13-18-7-5-4-6-17(18)12-22-21(25)20-11-16-9-8-15(3)10-19(16)23-20/h4-11,14,23-24H,12-13H2,1-3H3,(H,22,25). The number of aromatic amines is 1. The molecule has 0 aliphatic heterocycles. The molecule has 148 valence electrons. The summed E-state index contributed by atoms with van der Waals surface area (Å²) < 4.78 is 27.1. The van der Waals surface area contributed by atoms with Crippen LogP contribution in [0.4, 0.5) is 0 Å². The van der Waals surface area contributed by atoms with E-state index in [-0.39, 0.29) is 24.2 Å². The molecule has 0 radical (unpaired) electrons. The van der Waals surface area contributed by atoms with Crippen molar-refractivity contribution in [3.05, 3.63) is 70.9 Å². The van der Waals surface area contributed by atoms with Crippen LogP contribution in [0.15, 0.2) is 48.5 Å². The van der Waals surface area contributed by atoms with Gasteiger partial charge in [-0.3, -0.25) is 4.79 Å². The Morgan fingerprint density at radius 3 is 2.50 bits per heavy atom. The average molecular weight is 400 g/mol. The maximum Gasteiger partial charge on any atom is 0.267 e. The number of sulfonamides is 1. The third kappa shape index (κ3) is 4.99. The molecule has 1 heterocycles. The fourth-order valence-corrected chi connectivity index (χ4v) is 4.60. The van der Waals surface area contributed by atoms with Gasteiger partial charge in [0.05, 0.1) is 5.75 Å². The number of benzene rings is 2. The first-order valence-electron chi connectivity index (χ1n) is 9.18. The van der Waals surface area contributed by atoms with Gasteiger partial charge in [-0.15, -0.1) is 0 Å². The molecular formula is C21H25N3O3S. The first-order chi connectivity index (χ1) is 13.2. The second-order valence-corrected chi connectivity index (χ2v) is 9.01. The van der Waals surface area contributed by atoms with E-state index in [9.17, 15) is 13.2 Å². The zero-order chi connectivity index (χ0) is 20.3. The highest BCUT2D eigenvalue weighted by atomic mass is 32.2. The molecule has 0 saturated carbocycles. The lowest BCUT2D eigenvalue weighted by Crippen LogP contribution is -2.32. The minimum absolute atomic E-state index is 0.122. The van der Waals surface area contributed by atoms with Gasteiger partial charge >= 0.3 is 0 Å². The van der Waals surface area contributed by atoms with Gasteiger partial charge in [-0.25, -0.2) is 13.1 Å². The van der Waals surface area contributed by atoms with Crippen LogP contribution >= 0.6 is 0 Å². The second kappa shape index (κ2) is 8.16. The summed E-state index contributed by atoms with van der Waals surface area (Å²) in [4.78, 5) is 15.7. The van der Waals surface area contributed by atoms with Gasteiger partial charge in [0.15, 0.2) is 0 Å². The predicted molar refractivity (Wildman–Crippen MR) is 112 cm³/mol. The highest BCUT2D eigenvalue weighted by Crippen LogP contribution is 2.17. The highest BCUT2D eigenvalue weighted by Gasteiger charge is 2.16. The molecule has 0 aliphatic rings. The van der Waals surface area contributed by atoms with Gasteiger partial charge in [-0.05, 0) is 49.6 Å². The average Bonchev–Trinajstić information content (AvgIpc) is 3.02. The van der Waals surface area contributed by atoms with E-state index < -0.39 is 10.0 Å². The third-order valence-electron chi connectivity index (χ3n) is 4.34. The monoisotopic (exact) mass is 399 g/mol. The highest BCUT2D eigenvalue weighted by molar-refractivity contribution is 7.88. The second-order valence-electron chi connectivity index (χ2n) is 7.26. The van der Waals surface area contributed by atoms with Crippen LogP contribution < -0.4 is 10.0 Å². The Bertz CT molecular complexity index is 1100. The Morgan fingerprint density at radius 1 is 1.07 bits per heavy atom. The molecule has 3 N–H and O–H groups in total. The molecular weight excluding hydrogens is 374 g/mol. The van der Waals surface area contributed by atoms with Crippen LogP contribution in [-0.4, -0.2) is 25.4 Å². The number of hydrogen-bond acceptors (Lipinski definition) is 3. The molecule has 0 saturated heterocycles. The first kappa shape index (κ1) is 20.1. The molecule has 1 amide bonds. The van der Waals surface area contributed by atoms with Gasteiger partial charge in [-0.1, -0.05) is 36.4 Å². The number of hydrogen-bond donors (Lipinski definition) is 3. The normalized spacial score (nSPS) is 11.9. The summed E-state index contributed by atoms with van der Waals surface area (Å²) >= 11 is 0. The van der Waals surface area contributed by atoms with Crippen molar-refractivity contribution in [2.45, 2.75) is 39.1 Å². The van der Waals surface area contributed by atoms with E-state index in [1.807, 2.05) is 43.3 Å². The Labute approximate surface area is 165 Å². The molecule has 0 atom stereocenters. The summed E-state index contributed by atoms with van der Waals surface area (Å²) in [6, 6.07) is 14.8. The van der Waals surface area contributed by atoms with E-state index in [1.165, 1.54) is 0 Å². The van der Waals surface area contributed by atoms with Gasteiger partial charge in [0.1, 0.15) is 5.69 Å². The predicted octanol–water partition coefficient (Wildman–Crippen LogP) is 3.23. The molecule has 3 aromatic rings. The third-order valence-corrected chi connectivity index (χ3v) is 5.86. The number of aryl methyl sites for hydroxylation is 1. The largest absolute Gasteiger partial charge is 0.351 e. The van der Waals surface area contributed by atoms with Crippen LogP contribution in [0.3, 0.4) is 0 Å². The number of H-pyrrole nitrogens is 1. The van der Waals surface area contributed by atoms with Crippen LogP contribution in [0, 0.1) is 6.92 Å². The summed E-state index contributed by atoms with van der Waals surface area (Å²) in [5.74, 6) is -0.352. The van der Waals surface area contributed by atoms with Crippen LogP contribution in [0.2, 0.25) is 0 Å². The molecule has 0 bridgehead atoms. The van der Waals surface area contributed by atoms with E-state index >= 15 is 0 Å². The number of nitrogens with one attached hydrogen (secondary N) is 3. The van der Waals surface area contributed by atoms with Gasteiger partial charge in [0, 0.05) is 23.5 Å². The number of rotatable bonds is 7. The van der Waals surface area contributed by atoms with Crippen molar-refractivity contribution in [3.63, 3.8) is 0 Å². The summed E-state index contributed by atoms with van der Waals surface area (Å²) in [6.07, 6.45) is 0. The van der Waals surface area contributed by atoms with E-state index in [2.05, 4.69) is 15.0 Å². The number of fused-ring (bicyclic) bond motifs is 1. The van der Waals surface area contributed by atoms with Crippen molar-refractivity contribution >= 4 is 26.8 Å². The first-order valence-corrected chi connectivity index (χ1v) is 10.8. The molecule has 1 aromatic heterocycles. The lowest BCUT2D eigenvalue weighted by Gasteiger charge is -2.13. The molecule has 2 aromatic carbocycles. The number of aromatic nitrogens is 1. The number of carbonyl (C=O) groups excluding carboxylic acids is 1. The van der Waals surface area contributed by atoms with E-state index in [1.54, 1.807) is 26.0 Å². The van der Waals surface area contributed by atoms with Crippen LogP contribution in [0.1, 0.15) is 41.0 Å². The Kier molecular flexibility index (Phi) is 5.86. The van der Waals surface area contributed by atoms with Crippen LogP contribution in [0.25, 0.3) is 10.9 Å². The molecule has 28 heavy (non-hydrogen) atoms. The molecule has 7 heteroatoms. The van der Waals surface area contributed by atoms with Gasteiger partial charge in [-0.2, -0.15) is 0 Å². The van der Waals surface area contributed by atoms with Crippen molar-refractivity contribution in [2.75, 3.05) is 0 Å².